The number of anilines is 1. The summed E-state index contributed by atoms with van der Waals surface area (Å²) in [5.74, 6) is 1.43. The highest BCUT2D eigenvalue weighted by molar-refractivity contribution is 5.91. The minimum atomic E-state index is 0.00151. The van der Waals surface area contributed by atoms with Crippen molar-refractivity contribution in [2.75, 3.05) is 32.7 Å². The van der Waals surface area contributed by atoms with E-state index >= 15 is 0 Å². The number of methoxy groups -OCH3 is 2. The number of nitrogens with zero attached hydrogens (tertiary/aromatic N) is 2. The van der Waals surface area contributed by atoms with Crippen molar-refractivity contribution in [2.24, 2.45) is 0 Å². The lowest BCUT2D eigenvalue weighted by Gasteiger charge is -2.32. The number of amides is 2. The van der Waals surface area contributed by atoms with Gasteiger partial charge in [0.2, 0.25) is 0 Å². The lowest BCUT2D eigenvalue weighted by molar-refractivity contribution is 0.200. The van der Waals surface area contributed by atoms with Gasteiger partial charge in [0.15, 0.2) is 11.5 Å². The highest BCUT2D eigenvalue weighted by Crippen LogP contribution is 2.33. The fourth-order valence-electron chi connectivity index (χ4n) is 3.02. The van der Waals surface area contributed by atoms with E-state index in [1.807, 2.05) is 54.4 Å². The second kappa shape index (κ2) is 6.83. The van der Waals surface area contributed by atoms with E-state index in [-0.39, 0.29) is 6.03 Å². The van der Waals surface area contributed by atoms with E-state index in [1.165, 1.54) is 5.56 Å². The molecule has 1 aliphatic heterocycles. The van der Waals surface area contributed by atoms with Gasteiger partial charge in [0.25, 0.3) is 0 Å². The largest absolute Gasteiger partial charge is 0.493 e. The third-order valence-electron chi connectivity index (χ3n) is 4.42. The number of hydrogen-bond acceptors (Lipinski definition) is 3. The topological polar surface area (TPSA) is 42.0 Å². The van der Waals surface area contributed by atoms with Crippen LogP contribution in [-0.4, -0.2) is 38.7 Å². The standard InChI is InChI=1S/C19H22N2O3/c1-20(16-7-5-4-6-8-16)19(22)21-10-9-14-11-17(23-2)18(24-3)12-15(14)13-21/h4-8,11-12H,9-10,13H2,1-3H3. The van der Waals surface area contributed by atoms with E-state index in [4.69, 9.17) is 9.47 Å². The molecular weight excluding hydrogens is 304 g/mol. The summed E-state index contributed by atoms with van der Waals surface area (Å²) in [6, 6.07) is 13.7. The maximum Gasteiger partial charge on any atom is 0.324 e. The number of hydrogen-bond donors (Lipinski definition) is 0. The number of urea groups is 1. The lowest BCUT2D eigenvalue weighted by Crippen LogP contribution is -2.43. The van der Waals surface area contributed by atoms with Crippen LogP contribution >= 0.6 is 0 Å². The quantitative estimate of drug-likeness (QED) is 0.869. The molecule has 0 aliphatic carbocycles. The Morgan fingerprint density at radius 3 is 2.29 bits per heavy atom. The highest BCUT2D eigenvalue weighted by Gasteiger charge is 2.25. The Kier molecular flexibility index (Phi) is 4.60. The van der Waals surface area contributed by atoms with E-state index in [2.05, 4.69) is 0 Å². The number of carbonyl (C=O) groups is 1. The van der Waals surface area contributed by atoms with Crippen molar-refractivity contribution < 1.29 is 14.3 Å². The van der Waals surface area contributed by atoms with Gasteiger partial charge in [-0.1, -0.05) is 18.2 Å². The maximum atomic E-state index is 12.8. The molecule has 5 heteroatoms. The predicted octanol–water partition coefficient (Wildman–Crippen LogP) is 3.32. The number of rotatable bonds is 3. The number of para-hydroxylation sites is 1. The highest BCUT2D eigenvalue weighted by atomic mass is 16.5. The molecule has 1 heterocycles. The number of carbonyl (C=O) groups excluding carboxylic acids is 1. The fourth-order valence-corrected chi connectivity index (χ4v) is 3.02. The zero-order valence-electron chi connectivity index (χ0n) is 14.3. The van der Waals surface area contributed by atoms with E-state index in [0.29, 0.717) is 18.8 Å². The molecular formula is C19H22N2O3. The van der Waals surface area contributed by atoms with Crippen molar-refractivity contribution in [1.82, 2.24) is 4.90 Å². The predicted molar refractivity (Wildman–Crippen MR) is 93.9 cm³/mol. The second-order valence-corrected chi connectivity index (χ2v) is 5.82. The molecule has 1 aliphatic rings. The van der Waals surface area contributed by atoms with Crippen molar-refractivity contribution in [1.29, 1.82) is 0 Å². The van der Waals surface area contributed by atoms with Gasteiger partial charge >= 0.3 is 6.03 Å². The maximum absolute atomic E-state index is 12.8. The molecule has 2 aromatic rings. The van der Waals surface area contributed by atoms with Gasteiger partial charge in [0, 0.05) is 25.8 Å². The van der Waals surface area contributed by atoms with Gasteiger partial charge < -0.3 is 14.4 Å². The molecule has 0 saturated heterocycles. The molecule has 2 aromatic carbocycles. The van der Waals surface area contributed by atoms with Crippen LogP contribution in [0.2, 0.25) is 0 Å². The van der Waals surface area contributed by atoms with Gasteiger partial charge in [-0.05, 0) is 41.8 Å². The average Bonchev–Trinajstić information content (AvgIpc) is 2.65. The average molecular weight is 326 g/mol. The lowest BCUT2D eigenvalue weighted by atomic mass is 9.99. The van der Waals surface area contributed by atoms with E-state index < -0.39 is 0 Å². The third kappa shape index (κ3) is 3.02. The number of ether oxygens (including phenoxy) is 2. The Morgan fingerprint density at radius 1 is 1.04 bits per heavy atom. The van der Waals surface area contributed by atoms with E-state index in [0.717, 1.165) is 23.4 Å². The summed E-state index contributed by atoms with van der Waals surface area (Å²) in [6.45, 7) is 1.27. The fraction of sp³-hybridized carbons (Fsp3) is 0.316. The normalized spacial score (nSPS) is 13.2. The molecule has 24 heavy (non-hydrogen) atoms. The molecule has 0 spiro atoms. The Balaban J connectivity index is 1.80. The Hall–Kier alpha value is -2.69. The molecule has 5 nitrogen and oxygen atoms in total. The zero-order valence-corrected chi connectivity index (χ0v) is 14.3. The van der Waals surface area contributed by atoms with Crippen LogP contribution in [0.1, 0.15) is 11.1 Å². The van der Waals surface area contributed by atoms with Crippen LogP contribution in [0.3, 0.4) is 0 Å². The van der Waals surface area contributed by atoms with Crippen molar-refractivity contribution in [2.45, 2.75) is 13.0 Å². The molecule has 0 aromatic heterocycles. The van der Waals surface area contributed by atoms with Crippen molar-refractivity contribution >= 4 is 11.7 Å². The monoisotopic (exact) mass is 326 g/mol. The molecule has 0 radical (unpaired) electrons. The summed E-state index contributed by atoms with van der Waals surface area (Å²) < 4.78 is 10.7. The Labute approximate surface area is 142 Å². The van der Waals surface area contributed by atoms with Crippen molar-refractivity contribution in [3.05, 3.63) is 53.6 Å². The summed E-state index contributed by atoms with van der Waals surface area (Å²) in [4.78, 5) is 16.3. The zero-order chi connectivity index (χ0) is 17.1. The number of fused-ring (bicyclic) bond motifs is 1. The van der Waals surface area contributed by atoms with Gasteiger partial charge in [-0.2, -0.15) is 0 Å². The minimum absolute atomic E-state index is 0.00151. The molecule has 0 fully saturated rings. The molecule has 126 valence electrons. The van der Waals surface area contributed by atoms with Crippen LogP contribution < -0.4 is 14.4 Å². The Bertz CT molecular complexity index is 731. The van der Waals surface area contributed by atoms with Crippen molar-refractivity contribution in [3.63, 3.8) is 0 Å². The van der Waals surface area contributed by atoms with Crippen LogP contribution in [0.4, 0.5) is 10.5 Å². The second-order valence-electron chi connectivity index (χ2n) is 5.82. The van der Waals surface area contributed by atoms with Gasteiger partial charge in [-0.15, -0.1) is 0 Å². The molecule has 0 saturated carbocycles. The van der Waals surface area contributed by atoms with Crippen LogP contribution in [0.15, 0.2) is 42.5 Å². The SMILES string of the molecule is COc1cc2c(cc1OC)CN(C(=O)N(C)c1ccccc1)CC2. The van der Waals surface area contributed by atoms with Crippen LogP contribution in [0, 0.1) is 0 Å². The molecule has 0 bridgehead atoms. The van der Waals surface area contributed by atoms with Gasteiger partial charge in [-0.25, -0.2) is 4.79 Å². The summed E-state index contributed by atoms with van der Waals surface area (Å²) >= 11 is 0. The summed E-state index contributed by atoms with van der Waals surface area (Å²) in [6.07, 6.45) is 0.810. The minimum Gasteiger partial charge on any atom is -0.493 e. The molecule has 0 atom stereocenters. The summed E-state index contributed by atoms with van der Waals surface area (Å²) in [5.41, 5.74) is 3.20. The summed E-state index contributed by atoms with van der Waals surface area (Å²) in [5, 5.41) is 0. The van der Waals surface area contributed by atoms with Crippen LogP contribution in [-0.2, 0) is 13.0 Å². The van der Waals surface area contributed by atoms with E-state index in [9.17, 15) is 4.79 Å². The molecule has 0 N–H and O–H groups in total. The van der Waals surface area contributed by atoms with Crippen LogP contribution in [0.25, 0.3) is 0 Å². The van der Waals surface area contributed by atoms with Gasteiger partial charge in [0.05, 0.1) is 14.2 Å². The third-order valence-corrected chi connectivity index (χ3v) is 4.42. The first-order valence-corrected chi connectivity index (χ1v) is 7.95. The smallest absolute Gasteiger partial charge is 0.324 e. The van der Waals surface area contributed by atoms with Gasteiger partial charge in [-0.3, -0.25) is 4.90 Å². The number of benzene rings is 2. The molecule has 3 rings (SSSR count). The molecule has 0 unspecified atom stereocenters. The van der Waals surface area contributed by atoms with Gasteiger partial charge in [0.1, 0.15) is 0 Å². The van der Waals surface area contributed by atoms with E-state index in [1.54, 1.807) is 19.1 Å². The first-order valence-electron chi connectivity index (χ1n) is 7.95. The first-order chi connectivity index (χ1) is 11.6. The first kappa shape index (κ1) is 16.2. The van der Waals surface area contributed by atoms with Crippen LogP contribution in [0.5, 0.6) is 11.5 Å². The van der Waals surface area contributed by atoms with Crippen molar-refractivity contribution in [3.8, 4) is 11.5 Å². The Morgan fingerprint density at radius 2 is 1.67 bits per heavy atom. The molecule has 2 amide bonds. The summed E-state index contributed by atoms with van der Waals surface area (Å²) in [7, 11) is 5.07.